The topological polar surface area (TPSA) is 65.4 Å². The van der Waals surface area contributed by atoms with Crippen LogP contribution in [-0.4, -0.2) is 49.7 Å². The Bertz CT molecular complexity index is 347. The van der Waals surface area contributed by atoms with E-state index in [1.165, 1.54) is 0 Å². The zero-order chi connectivity index (χ0) is 13.0. The molecule has 1 aliphatic carbocycles. The lowest BCUT2D eigenvalue weighted by Crippen LogP contribution is -2.55. The molecule has 0 spiro atoms. The van der Waals surface area contributed by atoms with Gasteiger partial charge in [0.05, 0.1) is 19.3 Å². The van der Waals surface area contributed by atoms with Gasteiger partial charge in [-0.3, -0.25) is 9.69 Å². The van der Waals surface area contributed by atoms with E-state index in [4.69, 9.17) is 10.00 Å². The monoisotopic (exact) mass is 251 g/mol. The van der Waals surface area contributed by atoms with E-state index >= 15 is 0 Å². The maximum absolute atomic E-state index is 12.0. The molecule has 1 unspecified atom stereocenters. The molecule has 2 fully saturated rings. The zero-order valence-corrected chi connectivity index (χ0v) is 10.9. The molecule has 2 rings (SSSR count). The molecule has 0 bridgehead atoms. The second kappa shape index (κ2) is 5.68. The van der Waals surface area contributed by atoms with Crippen molar-refractivity contribution in [3.8, 4) is 6.07 Å². The Hall–Kier alpha value is -1.12. The normalized spacial score (nSPS) is 26.3. The third-order valence-corrected chi connectivity index (χ3v) is 3.84. The summed E-state index contributed by atoms with van der Waals surface area (Å²) in [5.74, 6) is 0.0463. The minimum absolute atomic E-state index is 0.0463. The van der Waals surface area contributed by atoms with Crippen molar-refractivity contribution in [2.75, 3.05) is 32.8 Å². The molecule has 1 heterocycles. The van der Waals surface area contributed by atoms with Gasteiger partial charge >= 0.3 is 0 Å². The van der Waals surface area contributed by atoms with Gasteiger partial charge in [-0.25, -0.2) is 0 Å². The van der Waals surface area contributed by atoms with Crippen LogP contribution in [0.3, 0.4) is 0 Å². The molecule has 5 heteroatoms. The van der Waals surface area contributed by atoms with Gasteiger partial charge in [-0.05, 0) is 25.2 Å². The molecule has 0 aromatic heterocycles. The van der Waals surface area contributed by atoms with Crippen molar-refractivity contribution in [1.29, 1.82) is 5.26 Å². The highest BCUT2D eigenvalue weighted by molar-refractivity contribution is 5.81. The van der Waals surface area contributed by atoms with Gasteiger partial charge in [0.1, 0.15) is 6.04 Å². The largest absolute Gasteiger partial charge is 0.378 e. The molecule has 100 valence electrons. The molecule has 1 amide bonds. The van der Waals surface area contributed by atoms with Crippen molar-refractivity contribution in [3.63, 3.8) is 0 Å². The molecular weight excluding hydrogens is 230 g/mol. The maximum Gasteiger partial charge on any atom is 0.239 e. The molecule has 1 saturated carbocycles. The highest BCUT2D eigenvalue weighted by atomic mass is 16.5. The number of rotatable bonds is 5. The lowest BCUT2D eigenvalue weighted by atomic mass is 10.0. The van der Waals surface area contributed by atoms with E-state index in [2.05, 4.69) is 16.3 Å². The van der Waals surface area contributed by atoms with E-state index in [-0.39, 0.29) is 17.4 Å². The molecule has 1 N–H and O–H groups in total. The summed E-state index contributed by atoms with van der Waals surface area (Å²) in [4.78, 5) is 14.2. The predicted octanol–water partition coefficient (Wildman–Crippen LogP) is 0.517. The van der Waals surface area contributed by atoms with Crippen LogP contribution in [0.2, 0.25) is 0 Å². The van der Waals surface area contributed by atoms with E-state index in [0.29, 0.717) is 26.2 Å². The van der Waals surface area contributed by atoms with Gasteiger partial charge in [0, 0.05) is 26.1 Å². The fraction of sp³-hybridized carbons (Fsp3) is 0.846. The van der Waals surface area contributed by atoms with Crippen LogP contribution in [0.1, 0.15) is 26.2 Å². The van der Waals surface area contributed by atoms with Gasteiger partial charge < -0.3 is 10.1 Å². The van der Waals surface area contributed by atoms with Crippen molar-refractivity contribution in [1.82, 2.24) is 10.2 Å². The fourth-order valence-corrected chi connectivity index (χ4v) is 2.53. The minimum Gasteiger partial charge on any atom is -0.378 e. The van der Waals surface area contributed by atoms with Crippen LogP contribution in [0, 0.1) is 16.7 Å². The number of likely N-dealkylation sites (N-methyl/N-ethyl adjacent to an activating group) is 1. The van der Waals surface area contributed by atoms with Crippen LogP contribution in [0.15, 0.2) is 0 Å². The summed E-state index contributed by atoms with van der Waals surface area (Å²) in [5, 5.41) is 11.7. The Morgan fingerprint density at radius 3 is 3.00 bits per heavy atom. The number of ether oxygens (including phenoxy) is 1. The number of nitrogens with one attached hydrogen (secondary N) is 1. The molecule has 0 aromatic rings. The Morgan fingerprint density at radius 2 is 2.39 bits per heavy atom. The Morgan fingerprint density at radius 1 is 1.61 bits per heavy atom. The smallest absolute Gasteiger partial charge is 0.239 e. The number of morpholine rings is 1. The summed E-state index contributed by atoms with van der Waals surface area (Å²) in [6, 6.07) is 2.09. The van der Waals surface area contributed by atoms with Crippen molar-refractivity contribution >= 4 is 5.91 Å². The summed E-state index contributed by atoms with van der Waals surface area (Å²) >= 11 is 0. The number of hydrogen-bond acceptors (Lipinski definition) is 4. The lowest BCUT2D eigenvalue weighted by molar-refractivity contribution is -0.133. The van der Waals surface area contributed by atoms with Crippen LogP contribution >= 0.6 is 0 Å². The fourth-order valence-electron chi connectivity index (χ4n) is 2.53. The Balaban J connectivity index is 1.96. The molecule has 2 aliphatic rings. The van der Waals surface area contributed by atoms with E-state index in [1.807, 2.05) is 6.92 Å². The molecule has 1 saturated heterocycles. The van der Waals surface area contributed by atoms with Crippen LogP contribution in [-0.2, 0) is 9.53 Å². The number of carbonyl (C=O) groups excluding carboxylic acids is 1. The predicted molar refractivity (Wildman–Crippen MR) is 66.8 cm³/mol. The zero-order valence-electron chi connectivity index (χ0n) is 10.9. The summed E-state index contributed by atoms with van der Waals surface area (Å²) in [6.45, 7) is 5.35. The first kappa shape index (κ1) is 13.3. The van der Waals surface area contributed by atoms with Gasteiger partial charge in [-0.2, -0.15) is 5.26 Å². The van der Waals surface area contributed by atoms with E-state index in [0.717, 1.165) is 25.9 Å². The van der Waals surface area contributed by atoms with Crippen molar-refractivity contribution in [2.24, 2.45) is 5.41 Å². The highest BCUT2D eigenvalue weighted by Gasteiger charge is 2.45. The summed E-state index contributed by atoms with van der Waals surface area (Å²) in [7, 11) is 0. The number of nitriles is 1. The van der Waals surface area contributed by atoms with Crippen LogP contribution in [0.5, 0.6) is 0 Å². The third-order valence-electron chi connectivity index (χ3n) is 3.84. The second-order valence-corrected chi connectivity index (χ2v) is 5.29. The average Bonchev–Trinajstić information content (AvgIpc) is 3.10. The van der Waals surface area contributed by atoms with Gasteiger partial charge in [0.25, 0.3) is 0 Å². The lowest BCUT2D eigenvalue weighted by Gasteiger charge is -2.36. The van der Waals surface area contributed by atoms with Crippen LogP contribution < -0.4 is 5.32 Å². The van der Waals surface area contributed by atoms with E-state index < -0.39 is 0 Å². The quantitative estimate of drug-likeness (QED) is 0.773. The molecule has 1 aliphatic heterocycles. The SMILES string of the molecule is CCNC(=O)C1COCCN1CC1(CC#N)CC1. The Kier molecular flexibility index (Phi) is 4.20. The van der Waals surface area contributed by atoms with Gasteiger partial charge in [0.2, 0.25) is 5.91 Å². The average molecular weight is 251 g/mol. The van der Waals surface area contributed by atoms with Crippen molar-refractivity contribution in [2.45, 2.75) is 32.2 Å². The number of amides is 1. The van der Waals surface area contributed by atoms with E-state index in [9.17, 15) is 4.79 Å². The molecule has 1 atom stereocenters. The minimum atomic E-state index is -0.185. The third kappa shape index (κ3) is 3.01. The van der Waals surface area contributed by atoms with Crippen LogP contribution in [0.25, 0.3) is 0 Å². The second-order valence-electron chi connectivity index (χ2n) is 5.29. The standard InChI is InChI=1S/C13H21N3O2/c1-2-15-12(17)11-9-18-8-7-16(11)10-13(3-4-13)5-6-14/h11H,2-5,7-10H2,1H3,(H,15,17). The number of nitrogens with zero attached hydrogens (tertiary/aromatic N) is 2. The maximum atomic E-state index is 12.0. The van der Waals surface area contributed by atoms with E-state index in [1.54, 1.807) is 0 Å². The molecule has 0 radical (unpaired) electrons. The van der Waals surface area contributed by atoms with Gasteiger partial charge in [-0.1, -0.05) is 0 Å². The van der Waals surface area contributed by atoms with Crippen LogP contribution in [0.4, 0.5) is 0 Å². The summed E-state index contributed by atoms with van der Waals surface area (Å²) in [5.41, 5.74) is 0.150. The van der Waals surface area contributed by atoms with Crippen molar-refractivity contribution < 1.29 is 9.53 Å². The first-order valence-corrected chi connectivity index (χ1v) is 6.67. The number of carbonyl (C=O) groups is 1. The molecule has 18 heavy (non-hydrogen) atoms. The first-order valence-electron chi connectivity index (χ1n) is 6.67. The molecule has 0 aromatic carbocycles. The Labute approximate surface area is 108 Å². The molecular formula is C13H21N3O2. The summed E-state index contributed by atoms with van der Waals surface area (Å²) in [6.07, 6.45) is 2.83. The first-order chi connectivity index (χ1) is 8.71. The molecule has 5 nitrogen and oxygen atoms in total. The number of hydrogen-bond donors (Lipinski definition) is 1. The summed E-state index contributed by atoms with van der Waals surface area (Å²) < 4.78 is 5.41. The van der Waals surface area contributed by atoms with Gasteiger partial charge in [-0.15, -0.1) is 0 Å². The van der Waals surface area contributed by atoms with Crippen molar-refractivity contribution in [3.05, 3.63) is 0 Å². The highest BCUT2D eigenvalue weighted by Crippen LogP contribution is 2.49. The van der Waals surface area contributed by atoms with Gasteiger partial charge in [0.15, 0.2) is 0 Å².